The number of thiophene rings is 1. The summed E-state index contributed by atoms with van der Waals surface area (Å²) in [6, 6.07) is 12.3. The van der Waals surface area contributed by atoms with Crippen LogP contribution in [0.4, 0.5) is 0 Å². The van der Waals surface area contributed by atoms with Gasteiger partial charge in [0.1, 0.15) is 12.4 Å². The first-order chi connectivity index (χ1) is 8.88. The third kappa shape index (κ3) is 5.47. The van der Waals surface area contributed by atoms with E-state index in [4.69, 9.17) is 4.74 Å². The molecule has 0 amide bonds. The fourth-order valence-corrected chi connectivity index (χ4v) is 2.19. The maximum atomic E-state index is 5.70. The van der Waals surface area contributed by atoms with Crippen LogP contribution in [-0.2, 0) is 13.2 Å². The summed E-state index contributed by atoms with van der Waals surface area (Å²) in [4.78, 5) is 1.24. The Morgan fingerprint density at radius 3 is 2.63 bits per heavy atom. The van der Waals surface area contributed by atoms with E-state index in [-0.39, 0.29) is 12.4 Å². The van der Waals surface area contributed by atoms with E-state index in [2.05, 4.69) is 35.5 Å². The average molecular weight is 296 g/mol. The zero-order valence-corrected chi connectivity index (χ0v) is 12.3. The molecule has 1 heterocycles. The van der Waals surface area contributed by atoms with Crippen LogP contribution in [-0.4, -0.2) is 6.54 Å². The van der Waals surface area contributed by atoms with Gasteiger partial charge in [0, 0.05) is 18.0 Å². The molecule has 2 rings (SSSR count). The van der Waals surface area contributed by atoms with Gasteiger partial charge >= 0.3 is 0 Å². The molecular formula is C15H18ClNOS. The standard InChI is InChI=1S/C15H17NOS.ClH/c1-2-9-16-11-13-5-7-14(8-6-13)17-12-15-4-3-10-18-15;/h2-8,10,16H,1,9,11-12H2;1H. The third-order valence-corrected chi connectivity index (χ3v) is 3.35. The lowest BCUT2D eigenvalue weighted by Gasteiger charge is -2.06. The van der Waals surface area contributed by atoms with Gasteiger partial charge < -0.3 is 10.1 Å². The highest BCUT2D eigenvalue weighted by atomic mass is 35.5. The summed E-state index contributed by atoms with van der Waals surface area (Å²) in [5, 5.41) is 5.33. The minimum absolute atomic E-state index is 0. The molecule has 0 aliphatic carbocycles. The van der Waals surface area contributed by atoms with Crippen molar-refractivity contribution in [3.8, 4) is 5.75 Å². The summed E-state index contributed by atoms with van der Waals surface area (Å²) in [5.74, 6) is 0.913. The summed E-state index contributed by atoms with van der Waals surface area (Å²) in [6.45, 7) is 6.01. The molecule has 0 unspecified atom stereocenters. The molecule has 2 nitrogen and oxygen atoms in total. The molecule has 0 saturated carbocycles. The van der Waals surface area contributed by atoms with Crippen molar-refractivity contribution < 1.29 is 4.74 Å². The van der Waals surface area contributed by atoms with Crippen LogP contribution in [0, 0.1) is 0 Å². The predicted molar refractivity (Wildman–Crippen MR) is 84.2 cm³/mol. The van der Waals surface area contributed by atoms with E-state index in [0.29, 0.717) is 6.61 Å². The first-order valence-corrected chi connectivity index (χ1v) is 6.82. The van der Waals surface area contributed by atoms with Gasteiger partial charge in [0.25, 0.3) is 0 Å². The fourth-order valence-electron chi connectivity index (χ4n) is 1.57. The highest BCUT2D eigenvalue weighted by molar-refractivity contribution is 7.09. The van der Waals surface area contributed by atoms with Crippen molar-refractivity contribution in [3.63, 3.8) is 0 Å². The molecule has 1 aromatic heterocycles. The Morgan fingerprint density at radius 2 is 2.00 bits per heavy atom. The van der Waals surface area contributed by atoms with Crippen LogP contribution in [0.15, 0.2) is 54.4 Å². The number of rotatable bonds is 7. The van der Waals surface area contributed by atoms with Gasteiger partial charge in [-0.2, -0.15) is 0 Å². The lowest BCUT2D eigenvalue weighted by Crippen LogP contribution is -2.12. The molecule has 0 aliphatic heterocycles. The molecule has 1 N–H and O–H groups in total. The fraction of sp³-hybridized carbons (Fsp3) is 0.200. The van der Waals surface area contributed by atoms with Gasteiger partial charge in [0.2, 0.25) is 0 Å². The summed E-state index contributed by atoms with van der Waals surface area (Å²) in [5.41, 5.74) is 1.25. The maximum absolute atomic E-state index is 5.70. The van der Waals surface area contributed by atoms with Gasteiger partial charge in [0.15, 0.2) is 0 Å². The van der Waals surface area contributed by atoms with Gasteiger partial charge in [-0.05, 0) is 29.1 Å². The molecular weight excluding hydrogens is 278 g/mol. The van der Waals surface area contributed by atoms with Crippen LogP contribution in [0.3, 0.4) is 0 Å². The summed E-state index contributed by atoms with van der Waals surface area (Å²) in [6.07, 6.45) is 1.86. The first kappa shape index (κ1) is 15.8. The molecule has 0 atom stereocenters. The minimum atomic E-state index is 0. The second-order valence-corrected chi connectivity index (χ2v) is 4.96. The second kappa shape index (κ2) is 8.75. The molecule has 102 valence electrons. The van der Waals surface area contributed by atoms with Gasteiger partial charge in [-0.3, -0.25) is 0 Å². The third-order valence-electron chi connectivity index (χ3n) is 2.50. The van der Waals surface area contributed by atoms with Gasteiger partial charge in [-0.15, -0.1) is 30.3 Å². The molecule has 0 aliphatic rings. The van der Waals surface area contributed by atoms with E-state index in [1.807, 2.05) is 24.3 Å². The molecule has 19 heavy (non-hydrogen) atoms. The Hall–Kier alpha value is -1.29. The lowest BCUT2D eigenvalue weighted by atomic mass is 10.2. The minimum Gasteiger partial charge on any atom is -0.488 e. The molecule has 4 heteroatoms. The zero-order valence-electron chi connectivity index (χ0n) is 10.7. The monoisotopic (exact) mass is 295 g/mol. The Kier molecular flexibility index (Phi) is 7.26. The van der Waals surface area contributed by atoms with Crippen LogP contribution in [0.5, 0.6) is 5.75 Å². The van der Waals surface area contributed by atoms with Crippen LogP contribution >= 0.6 is 23.7 Å². The lowest BCUT2D eigenvalue weighted by molar-refractivity contribution is 0.309. The highest BCUT2D eigenvalue weighted by Crippen LogP contribution is 2.16. The van der Waals surface area contributed by atoms with Gasteiger partial charge in [0.05, 0.1) is 0 Å². The number of benzene rings is 1. The van der Waals surface area contributed by atoms with E-state index in [1.54, 1.807) is 11.3 Å². The largest absolute Gasteiger partial charge is 0.488 e. The van der Waals surface area contributed by atoms with Gasteiger partial charge in [-0.1, -0.05) is 24.3 Å². The molecule has 0 saturated heterocycles. The molecule has 0 fully saturated rings. The molecule has 0 spiro atoms. The van der Waals surface area contributed by atoms with Crippen LogP contribution in [0.2, 0.25) is 0 Å². The number of hydrogen-bond donors (Lipinski definition) is 1. The molecule has 0 bridgehead atoms. The predicted octanol–water partition coefficient (Wildman–Crippen LogP) is 4.02. The quantitative estimate of drug-likeness (QED) is 0.615. The number of hydrogen-bond acceptors (Lipinski definition) is 3. The van der Waals surface area contributed by atoms with Crippen molar-refractivity contribution >= 4 is 23.7 Å². The van der Waals surface area contributed by atoms with Crippen LogP contribution in [0.1, 0.15) is 10.4 Å². The normalized spacial score (nSPS) is 9.68. The van der Waals surface area contributed by atoms with E-state index in [1.165, 1.54) is 10.4 Å². The van der Waals surface area contributed by atoms with Crippen LogP contribution < -0.4 is 10.1 Å². The maximum Gasteiger partial charge on any atom is 0.122 e. The Labute approximate surface area is 124 Å². The summed E-state index contributed by atoms with van der Waals surface area (Å²) >= 11 is 1.71. The van der Waals surface area contributed by atoms with Crippen molar-refractivity contribution in [2.24, 2.45) is 0 Å². The zero-order chi connectivity index (χ0) is 12.6. The second-order valence-electron chi connectivity index (χ2n) is 3.93. The molecule has 1 aromatic carbocycles. The van der Waals surface area contributed by atoms with Crippen molar-refractivity contribution in [1.82, 2.24) is 5.32 Å². The Morgan fingerprint density at radius 1 is 1.21 bits per heavy atom. The SMILES string of the molecule is C=CCNCc1ccc(OCc2cccs2)cc1.Cl. The number of nitrogens with one attached hydrogen (secondary N) is 1. The number of ether oxygens (including phenoxy) is 1. The van der Waals surface area contributed by atoms with Crippen LogP contribution in [0.25, 0.3) is 0 Å². The average Bonchev–Trinajstić information content (AvgIpc) is 2.91. The van der Waals surface area contributed by atoms with Crippen molar-refractivity contribution in [3.05, 3.63) is 64.9 Å². The Bertz CT molecular complexity index is 467. The van der Waals surface area contributed by atoms with E-state index >= 15 is 0 Å². The van der Waals surface area contributed by atoms with E-state index < -0.39 is 0 Å². The number of halogens is 1. The van der Waals surface area contributed by atoms with Crippen molar-refractivity contribution in [2.75, 3.05) is 6.54 Å². The smallest absolute Gasteiger partial charge is 0.122 e. The van der Waals surface area contributed by atoms with E-state index in [0.717, 1.165) is 18.8 Å². The van der Waals surface area contributed by atoms with E-state index in [9.17, 15) is 0 Å². The summed E-state index contributed by atoms with van der Waals surface area (Å²) in [7, 11) is 0. The molecule has 0 radical (unpaired) electrons. The van der Waals surface area contributed by atoms with Crippen molar-refractivity contribution in [2.45, 2.75) is 13.2 Å². The topological polar surface area (TPSA) is 21.3 Å². The first-order valence-electron chi connectivity index (χ1n) is 5.94. The van der Waals surface area contributed by atoms with Gasteiger partial charge in [-0.25, -0.2) is 0 Å². The Balaban J connectivity index is 0.00000180. The highest BCUT2D eigenvalue weighted by Gasteiger charge is 1.97. The summed E-state index contributed by atoms with van der Waals surface area (Å²) < 4.78 is 5.70. The molecule has 2 aromatic rings. The van der Waals surface area contributed by atoms with Crippen molar-refractivity contribution in [1.29, 1.82) is 0 Å².